The van der Waals surface area contributed by atoms with E-state index in [0.717, 1.165) is 66.8 Å². The van der Waals surface area contributed by atoms with Crippen molar-refractivity contribution >= 4 is 137 Å². The van der Waals surface area contributed by atoms with Crippen LogP contribution < -0.4 is 0 Å². The van der Waals surface area contributed by atoms with Crippen molar-refractivity contribution in [2.24, 2.45) is 0 Å². The Bertz CT molecular complexity index is 4010. The fourth-order valence-electron chi connectivity index (χ4n) is 14.1. The minimum atomic E-state index is -0.321. The molecule has 15 rings (SSSR count). The molecule has 8 bridgehead atoms. The van der Waals surface area contributed by atoms with E-state index in [0.29, 0.717) is 45.9 Å². The van der Waals surface area contributed by atoms with Crippen molar-refractivity contribution < 1.29 is 0 Å². The molecule has 0 fully saturated rings. The number of thioether (sulfide) groups is 4. The van der Waals surface area contributed by atoms with Gasteiger partial charge in [0.15, 0.2) is 23.3 Å². The van der Waals surface area contributed by atoms with Gasteiger partial charge in [-0.25, -0.2) is 29.9 Å². The first-order valence-corrected chi connectivity index (χ1v) is 33.6. The number of aromatic amines is 2. The van der Waals surface area contributed by atoms with Crippen LogP contribution in [0.15, 0.2) is 90.5 Å². The molecule has 7 aromatic heterocycles. The average Bonchev–Trinajstić information content (AvgIpc) is 4.44. The summed E-state index contributed by atoms with van der Waals surface area (Å²) < 4.78 is -1.28. The molecule has 0 spiro atoms. The van der Waals surface area contributed by atoms with Gasteiger partial charge in [0.25, 0.3) is 0 Å². The Kier molecular flexibility index (Phi) is 11.2. The summed E-state index contributed by atoms with van der Waals surface area (Å²) in [5.74, 6) is 2.56. The lowest BCUT2D eigenvalue weighted by Gasteiger charge is -2.46. The summed E-state index contributed by atoms with van der Waals surface area (Å²) in [7, 11) is 0. The lowest BCUT2D eigenvalue weighted by atomic mass is 9.71. The highest BCUT2D eigenvalue weighted by atomic mass is 32.2. The molecular weight excluding hydrogens is 1140 g/mol. The maximum absolute atomic E-state index is 5.95. The van der Waals surface area contributed by atoms with E-state index in [-0.39, 0.29) is 19.0 Å². The Labute approximate surface area is 499 Å². The average molecular weight is 1200 g/mol. The van der Waals surface area contributed by atoms with Gasteiger partial charge in [0.2, 0.25) is 0 Å². The number of rotatable bonds is 4. The molecule has 80 heavy (non-hydrogen) atoms. The van der Waals surface area contributed by atoms with E-state index >= 15 is 0 Å². The van der Waals surface area contributed by atoms with Crippen LogP contribution in [0.25, 0.3) is 89.4 Å². The van der Waals surface area contributed by atoms with E-state index in [4.69, 9.17) is 29.9 Å². The van der Waals surface area contributed by atoms with Crippen LogP contribution in [0.5, 0.6) is 0 Å². The number of H-pyrrole nitrogens is 2. The molecule has 6 aliphatic heterocycles. The number of aromatic nitrogens is 8. The number of hydrogen-bond acceptors (Lipinski definition) is 14. The topological polar surface area (TPSA) is 109 Å². The van der Waals surface area contributed by atoms with Gasteiger partial charge in [-0.2, -0.15) is 0 Å². The zero-order valence-corrected chi connectivity index (χ0v) is 54.1. The SMILES string of the molecule is CC1=CC2=C3C(=C4C=C(C)SC4(C)C2(C)S1)c1nc3nc2[nH]c(nc3nc(nc4[nH]c(n1)c(-c1cc(C)sc1C)c4-c1cc(C)sc1C)C1=C4C=C(C)SC4(C)C4(C)SC(C)=CC4=C13)c(-c1cc(C)sc1C)c2-c1cc(C)sc1C. The van der Waals surface area contributed by atoms with Crippen LogP contribution in [0.1, 0.15) is 118 Å². The van der Waals surface area contributed by atoms with Crippen molar-refractivity contribution in [2.75, 3.05) is 0 Å². The number of aryl methyl sites for hydroxylation is 8. The Morgan fingerprint density at radius 1 is 0.312 bits per heavy atom. The van der Waals surface area contributed by atoms with Gasteiger partial charge in [0.05, 0.1) is 19.0 Å². The van der Waals surface area contributed by atoms with Crippen molar-refractivity contribution in [2.45, 2.75) is 130 Å². The molecule has 0 radical (unpaired) electrons. The van der Waals surface area contributed by atoms with E-state index < -0.39 is 0 Å². The van der Waals surface area contributed by atoms with Gasteiger partial charge < -0.3 is 9.97 Å². The summed E-state index contributed by atoms with van der Waals surface area (Å²) >= 11 is 15.1. The summed E-state index contributed by atoms with van der Waals surface area (Å²) in [4.78, 5) is 58.3. The van der Waals surface area contributed by atoms with Crippen LogP contribution in [0.3, 0.4) is 0 Å². The molecule has 402 valence electrons. The molecular formula is C64H58N8S8. The molecule has 0 aromatic carbocycles. The third-order valence-electron chi connectivity index (χ3n) is 17.7. The normalized spacial score (nSPS) is 24.6. The predicted octanol–water partition coefficient (Wildman–Crippen LogP) is 19.4. The Morgan fingerprint density at radius 2 is 0.525 bits per heavy atom. The lowest BCUT2D eigenvalue weighted by molar-refractivity contribution is 0.625. The standard InChI is InChI=1S/C64H58N8S8/c1-25-17-37(33(9)73-25)45-46(38-18-26(2)74-34(38)10)54-65-53(45)67-57-49-41-21-29(5)77-61(41,13)62(14)42(22-30(6)78-62)50(49)59(71-57)69-55-47(39-19-27(3)75-35(39)11)48(40-20-28(4)76-36(40)12)56(66-55)70-60-52-44-24-32(8)80-64(44,16)63(15)43(23-31(7)79-63)51(52)58(68-54)72-60/h17-24H,1-16H3,(H2,65,66,67,68,69,70,71,72). The summed E-state index contributed by atoms with van der Waals surface area (Å²) in [6.45, 7) is 36.5. The monoisotopic (exact) mass is 1190 g/mol. The van der Waals surface area contributed by atoms with Gasteiger partial charge in [-0.15, -0.1) is 92.4 Å². The second-order valence-electron chi connectivity index (χ2n) is 23.1. The summed E-state index contributed by atoms with van der Waals surface area (Å²) in [5.41, 5.74) is 20.5. The molecule has 2 aliphatic carbocycles. The first kappa shape index (κ1) is 51.8. The predicted molar refractivity (Wildman–Crippen MR) is 350 cm³/mol. The number of nitrogens with one attached hydrogen (secondary N) is 2. The summed E-state index contributed by atoms with van der Waals surface area (Å²) in [5, 5.41) is 0. The van der Waals surface area contributed by atoms with Gasteiger partial charge >= 0.3 is 0 Å². The number of allylic oxidation sites excluding steroid dienone is 12. The maximum atomic E-state index is 5.95. The zero-order valence-electron chi connectivity index (χ0n) is 47.6. The third-order valence-corrected chi connectivity index (χ3v) is 27.7. The molecule has 13 heterocycles. The molecule has 2 N–H and O–H groups in total. The molecule has 0 saturated heterocycles. The molecule has 4 unspecified atom stereocenters. The number of thiophene rings is 4. The number of nitrogens with zero attached hydrogens (tertiary/aromatic N) is 6. The summed E-state index contributed by atoms with van der Waals surface area (Å²) in [6.07, 6.45) is 9.61. The van der Waals surface area contributed by atoms with Crippen molar-refractivity contribution in [3.8, 4) is 44.5 Å². The van der Waals surface area contributed by atoms with Gasteiger partial charge in [-0.1, -0.05) is 0 Å². The van der Waals surface area contributed by atoms with Crippen molar-refractivity contribution in [1.29, 1.82) is 0 Å². The fourth-order valence-corrected chi connectivity index (χ4v) is 23.9. The fraction of sp³-hybridized carbons (Fsp3) is 0.312. The minimum absolute atomic E-state index is 0.321. The molecule has 7 aromatic rings. The minimum Gasteiger partial charge on any atom is -0.324 e. The molecule has 8 nitrogen and oxygen atoms in total. The van der Waals surface area contributed by atoms with Crippen LogP contribution in [-0.4, -0.2) is 58.9 Å². The number of hydrogen-bond donors (Lipinski definition) is 2. The second-order valence-corrected chi connectivity index (χ2v) is 35.6. The molecule has 0 saturated carbocycles. The Hall–Kier alpha value is -5.04. The smallest absolute Gasteiger partial charge is 0.165 e. The number of fused-ring (bicyclic) bond motifs is 20. The summed E-state index contributed by atoms with van der Waals surface area (Å²) in [6, 6.07) is 9.33. The van der Waals surface area contributed by atoms with E-state index in [9.17, 15) is 0 Å². The maximum Gasteiger partial charge on any atom is 0.165 e. The van der Waals surface area contributed by atoms with Crippen molar-refractivity contribution in [3.63, 3.8) is 0 Å². The largest absolute Gasteiger partial charge is 0.324 e. The van der Waals surface area contributed by atoms with Gasteiger partial charge in [-0.3, -0.25) is 0 Å². The Morgan fingerprint density at radius 3 is 0.713 bits per heavy atom. The quantitative estimate of drug-likeness (QED) is 0.177. The lowest BCUT2D eigenvalue weighted by Crippen LogP contribution is -2.47. The van der Waals surface area contributed by atoms with Crippen molar-refractivity contribution in [1.82, 2.24) is 39.9 Å². The van der Waals surface area contributed by atoms with Gasteiger partial charge in [-0.05, 0) is 201 Å². The van der Waals surface area contributed by atoms with Crippen LogP contribution in [0.4, 0.5) is 0 Å². The second kappa shape index (κ2) is 17.3. The molecule has 8 aliphatic rings. The van der Waals surface area contributed by atoms with Crippen molar-refractivity contribution in [3.05, 3.63) is 153 Å². The van der Waals surface area contributed by atoms with E-state index in [1.807, 2.05) is 92.4 Å². The first-order valence-electron chi connectivity index (χ1n) is 27.1. The molecule has 4 atom stereocenters. The van der Waals surface area contributed by atoms with Crippen LogP contribution in [0.2, 0.25) is 0 Å². The highest BCUT2D eigenvalue weighted by molar-refractivity contribution is 8.09. The van der Waals surface area contributed by atoms with E-state index in [1.165, 1.54) is 80.9 Å². The van der Waals surface area contributed by atoms with E-state index in [2.05, 4.69) is 169 Å². The van der Waals surface area contributed by atoms with E-state index in [1.54, 1.807) is 0 Å². The molecule has 16 heteroatoms. The van der Waals surface area contributed by atoms with Gasteiger partial charge in [0.1, 0.15) is 22.6 Å². The van der Waals surface area contributed by atoms with Gasteiger partial charge in [0, 0.05) is 106 Å². The third kappa shape index (κ3) is 6.96. The highest BCUT2D eigenvalue weighted by Crippen LogP contribution is 2.71. The van der Waals surface area contributed by atoms with Crippen LogP contribution >= 0.6 is 92.4 Å². The highest BCUT2D eigenvalue weighted by Gasteiger charge is 2.61. The zero-order chi connectivity index (χ0) is 55.8. The first-order chi connectivity index (χ1) is 38.0. The Balaban J connectivity index is 1.21. The molecule has 0 amide bonds. The van der Waals surface area contributed by atoms with Crippen LogP contribution in [0, 0.1) is 55.4 Å². The van der Waals surface area contributed by atoms with Crippen LogP contribution in [-0.2, 0) is 0 Å².